The third-order valence-electron chi connectivity index (χ3n) is 6.85. The maximum Gasteiger partial charge on any atom is 0.221 e. The van der Waals surface area contributed by atoms with Gasteiger partial charge >= 0.3 is 0 Å². The van der Waals surface area contributed by atoms with Gasteiger partial charge in [0, 0.05) is 43.6 Å². The van der Waals surface area contributed by atoms with E-state index in [1.54, 1.807) is 13.4 Å². The molecule has 2 aliphatic rings. The Morgan fingerprint density at radius 1 is 1.03 bits per heavy atom. The van der Waals surface area contributed by atoms with Crippen molar-refractivity contribution in [3.63, 3.8) is 0 Å². The third kappa shape index (κ3) is 4.88. The molecular weight excluding hydrogens is 452 g/mol. The lowest BCUT2D eigenvalue weighted by Crippen LogP contribution is -2.44. The van der Waals surface area contributed by atoms with Crippen molar-refractivity contribution in [3.8, 4) is 16.9 Å². The van der Waals surface area contributed by atoms with Gasteiger partial charge in [0.15, 0.2) is 0 Å². The standard InChI is InChI=1S/C29H32N4O3/c1-31-12-14-32(15-13-31)26-20-24(9-11-27(26)35-2)33-16-17-36-29(33)22-8-10-25(21-6-4-3-5-7-21)23(18-22)19-28(30)34/h3-11,16-18,20,29H,12-15,19H2,1-2H3,(H2,30,34). The molecule has 3 aromatic rings. The van der Waals surface area contributed by atoms with E-state index in [0.29, 0.717) is 0 Å². The highest BCUT2D eigenvalue weighted by atomic mass is 16.5. The Balaban J connectivity index is 1.47. The first-order chi connectivity index (χ1) is 17.5. The minimum Gasteiger partial charge on any atom is -0.495 e. The topological polar surface area (TPSA) is 71.3 Å². The predicted molar refractivity (Wildman–Crippen MR) is 143 cm³/mol. The minimum atomic E-state index is -0.362. The van der Waals surface area contributed by atoms with Crippen LogP contribution in [0.3, 0.4) is 0 Å². The average Bonchev–Trinajstić information content (AvgIpc) is 3.39. The zero-order chi connectivity index (χ0) is 25.1. The van der Waals surface area contributed by atoms with E-state index in [0.717, 1.165) is 65.6 Å². The van der Waals surface area contributed by atoms with Crippen molar-refractivity contribution in [1.29, 1.82) is 0 Å². The molecule has 2 heterocycles. The fraction of sp³-hybridized carbons (Fsp3) is 0.276. The fourth-order valence-corrected chi connectivity index (χ4v) is 4.91. The van der Waals surface area contributed by atoms with Gasteiger partial charge in [0.2, 0.25) is 12.1 Å². The summed E-state index contributed by atoms with van der Waals surface area (Å²) >= 11 is 0. The van der Waals surface area contributed by atoms with E-state index >= 15 is 0 Å². The van der Waals surface area contributed by atoms with Gasteiger partial charge < -0.3 is 29.9 Å². The first-order valence-electron chi connectivity index (χ1n) is 12.2. The Labute approximate surface area is 212 Å². The monoisotopic (exact) mass is 484 g/mol. The van der Waals surface area contributed by atoms with Crippen molar-refractivity contribution in [2.24, 2.45) is 5.73 Å². The van der Waals surface area contributed by atoms with E-state index < -0.39 is 0 Å². The van der Waals surface area contributed by atoms with E-state index in [4.69, 9.17) is 15.2 Å². The fourth-order valence-electron chi connectivity index (χ4n) is 4.91. The van der Waals surface area contributed by atoms with Crippen LogP contribution in [0.15, 0.2) is 79.2 Å². The molecule has 1 amide bonds. The van der Waals surface area contributed by atoms with Crippen molar-refractivity contribution < 1.29 is 14.3 Å². The van der Waals surface area contributed by atoms with Gasteiger partial charge in [-0.05, 0) is 48.0 Å². The molecule has 0 spiro atoms. The van der Waals surface area contributed by atoms with E-state index in [9.17, 15) is 4.79 Å². The summed E-state index contributed by atoms with van der Waals surface area (Å²) in [7, 11) is 3.86. The Morgan fingerprint density at radius 2 is 1.81 bits per heavy atom. The molecule has 186 valence electrons. The van der Waals surface area contributed by atoms with Crippen LogP contribution in [0.2, 0.25) is 0 Å². The highest BCUT2D eigenvalue weighted by molar-refractivity contribution is 5.81. The highest BCUT2D eigenvalue weighted by Gasteiger charge is 2.27. The molecule has 1 atom stereocenters. The molecule has 1 fully saturated rings. The van der Waals surface area contributed by atoms with Gasteiger partial charge in [-0.2, -0.15) is 0 Å². The molecule has 0 aromatic heterocycles. The maximum absolute atomic E-state index is 11.9. The number of carbonyl (C=O) groups excluding carboxylic acids is 1. The number of methoxy groups -OCH3 is 1. The first kappa shape index (κ1) is 23.8. The molecule has 2 aliphatic heterocycles. The number of nitrogens with zero attached hydrogens (tertiary/aromatic N) is 3. The van der Waals surface area contributed by atoms with Gasteiger partial charge in [-0.1, -0.05) is 42.5 Å². The number of ether oxygens (including phenoxy) is 2. The molecule has 2 N–H and O–H groups in total. The van der Waals surface area contributed by atoms with Crippen LogP contribution in [0.1, 0.15) is 17.4 Å². The lowest BCUT2D eigenvalue weighted by molar-refractivity contribution is -0.117. The second kappa shape index (κ2) is 10.3. The smallest absolute Gasteiger partial charge is 0.221 e. The zero-order valence-corrected chi connectivity index (χ0v) is 20.8. The molecule has 3 aromatic carbocycles. The number of amides is 1. The molecular formula is C29H32N4O3. The Bertz CT molecular complexity index is 1250. The molecule has 1 unspecified atom stereocenters. The van der Waals surface area contributed by atoms with Gasteiger partial charge in [0.25, 0.3) is 0 Å². The number of likely N-dealkylation sites (N-methyl/N-ethyl adjacent to an activating group) is 1. The number of benzene rings is 3. The van der Waals surface area contributed by atoms with Crippen LogP contribution in [0, 0.1) is 0 Å². The van der Waals surface area contributed by atoms with Crippen molar-refractivity contribution in [3.05, 3.63) is 90.3 Å². The van der Waals surface area contributed by atoms with Crippen LogP contribution in [0.25, 0.3) is 11.1 Å². The molecule has 0 aliphatic carbocycles. The van der Waals surface area contributed by atoms with Gasteiger partial charge in [-0.3, -0.25) is 4.79 Å². The average molecular weight is 485 g/mol. The van der Waals surface area contributed by atoms with E-state index in [2.05, 4.69) is 33.9 Å². The number of nitrogens with two attached hydrogens (primary N) is 1. The molecule has 0 radical (unpaired) electrons. The quantitative estimate of drug-likeness (QED) is 0.543. The summed E-state index contributed by atoms with van der Waals surface area (Å²) in [5.41, 5.74) is 11.6. The van der Waals surface area contributed by atoms with Gasteiger partial charge in [-0.25, -0.2) is 0 Å². The van der Waals surface area contributed by atoms with Crippen LogP contribution in [-0.4, -0.2) is 51.1 Å². The minimum absolute atomic E-state index is 0.161. The Hall–Kier alpha value is -3.97. The summed E-state index contributed by atoms with van der Waals surface area (Å²) in [6, 6.07) is 22.4. The normalized spacial score (nSPS) is 17.8. The predicted octanol–water partition coefficient (Wildman–Crippen LogP) is 4.15. The van der Waals surface area contributed by atoms with Gasteiger partial charge in [0.1, 0.15) is 12.0 Å². The van der Waals surface area contributed by atoms with Crippen molar-refractivity contribution >= 4 is 17.3 Å². The summed E-state index contributed by atoms with van der Waals surface area (Å²) in [5, 5.41) is 0. The Kier molecular flexibility index (Phi) is 6.82. The summed E-state index contributed by atoms with van der Waals surface area (Å²) in [4.78, 5) is 18.7. The SMILES string of the molecule is COc1ccc(N2C=COC2c2ccc(-c3ccccc3)c(CC(N)=O)c2)cc1N1CCN(C)CC1. The van der Waals surface area contributed by atoms with E-state index in [1.165, 1.54) is 0 Å². The van der Waals surface area contributed by atoms with Crippen LogP contribution in [0.5, 0.6) is 5.75 Å². The lowest BCUT2D eigenvalue weighted by atomic mass is 9.94. The number of hydrogen-bond donors (Lipinski definition) is 1. The van der Waals surface area contributed by atoms with Crippen LogP contribution >= 0.6 is 0 Å². The third-order valence-corrected chi connectivity index (χ3v) is 6.85. The van der Waals surface area contributed by atoms with Gasteiger partial charge in [0.05, 0.1) is 19.2 Å². The molecule has 36 heavy (non-hydrogen) atoms. The number of anilines is 2. The van der Waals surface area contributed by atoms with Crippen molar-refractivity contribution in [2.45, 2.75) is 12.6 Å². The summed E-state index contributed by atoms with van der Waals surface area (Å²) < 4.78 is 11.7. The summed E-state index contributed by atoms with van der Waals surface area (Å²) in [6.07, 6.45) is 3.46. The summed E-state index contributed by atoms with van der Waals surface area (Å²) in [5.74, 6) is 0.499. The second-order valence-electron chi connectivity index (χ2n) is 9.25. The van der Waals surface area contributed by atoms with Crippen LogP contribution in [-0.2, 0) is 16.0 Å². The zero-order valence-electron chi connectivity index (χ0n) is 20.8. The molecule has 0 bridgehead atoms. The van der Waals surface area contributed by atoms with Crippen LogP contribution in [0.4, 0.5) is 11.4 Å². The number of hydrogen-bond acceptors (Lipinski definition) is 6. The number of primary amides is 1. The lowest BCUT2D eigenvalue weighted by Gasteiger charge is -2.35. The maximum atomic E-state index is 11.9. The first-order valence-corrected chi connectivity index (χ1v) is 12.2. The molecule has 7 heteroatoms. The number of carbonyl (C=O) groups is 1. The van der Waals surface area contributed by atoms with Crippen molar-refractivity contribution in [1.82, 2.24) is 4.90 Å². The second-order valence-corrected chi connectivity index (χ2v) is 9.25. The molecule has 0 saturated carbocycles. The number of piperazine rings is 1. The van der Waals surface area contributed by atoms with E-state index in [1.807, 2.05) is 60.8 Å². The Morgan fingerprint density at radius 3 is 2.53 bits per heavy atom. The van der Waals surface area contributed by atoms with Gasteiger partial charge in [-0.15, -0.1) is 0 Å². The largest absolute Gasteiger partial charge is 0.495 e. The summed E-state index contributed by atoms with van der Waals surface area (Å²) in [6.45, 7) is 3.92. The molecule has 1 saturated heterocycles. The molecule has 7 nitrogen and oxygen atoms in total. The highest BCUT2D eigenvalue weighted by Crippen LogP contribution is 2.39. The van der Waals surface area contributed by atoms with Crippen molar-refractivity contribution in [2.75, 3.05) is 50.1 Å². The van der Waals surface area contributed by atoms with Crippen LogP contribution < -0.4 is 20.3 Å². The van der Waals surface area contributed by atoms with E-state index in [-0.39, 0.29) is 18.6 Å². The number of rotatable bonds is 7. The molecule has 5 rings (SSSR count).